The highest BCUT2D eigenvalue weighted by molar-refractivity contribution is 8.78. The maximum atomic E-state index is 14.8. The van der Waals surface area contributed by atoms with E-state index in [0.29, 0.717) is 22.5 Å². The number of hydrogen-bond donors (Lipinski definition) is 4. The number of aliphatic hydroxyl groups excluding tert-OH is 2. The number of hydrogen-bond acceptors (Lipinski definition) is 12. The Balaban J connectivity index is 1.35. The summed E-state index contributed by atoms with van der Waals surface area (Å²) >= 11 is 0. The average Bonchev–Trinajstić information content (AvgIpc) is 3.72. The largest absolute Gasteiger partial charge is 0.388 e. The number of nitrogens with zero attached hydrogens (tertiary/aromatic N) is 4. The zero-order chi connectivity index (χ0) is 32.8. The highest BCUT2D eigenvalue weighted by atomic mass is 33.1. The van der Waals surface area contributed by atoms with E-state index < -0.39 is 72.6 Å². The summed E-state index contributed by atoms with van der Waals surface area (Å²) in [6, 6.07) is 14.7. The maximum Gasteiger partial charge on any atom is 0.264 e. The molecule has 8 fully saturated rings. The minimum Gasteiger partial charge on any atom is -0.388 e. The molecule has 4 amide bonds. The van der Waals surface area contributed by atoms with E-state index in [1.54, 1.807) is 14.0 Å². The summed E-state index contributed by atoms with van der Waals surface area (Å²) in [4.78, 5) is 58.1. The highest BCUT2D eigenvalue weighted by Crippen LogP contribution is 2.78. The van der Waals surface area contributed by atoms with Crippen LogP contribution in [0.15, 0.2) is 48.5 Å². The number of rotatable bonds is 2. The van der Waals surface area contributed by atoms with Crippen molar-refractivity contribution in [3.05, 3.63) is 59.7 Å². The Morgan fingerprint density at radius 3 is 1.70 bits per heavy atom. The van der Waals surface area contributed by atoms with Crippen LogP contribution in [0.4, 0.5) is 11.4 Å². The monoisotopic (exact) mass is 706 g/mol. The number of aliphatic hydroxyl groups is 2. The van der Waals surface area contributed by atoms with Crippen molar-refractivity contribution >= 4 is 86.0 Å². The zero-order valence-corrected chi connectivity index (χ0v) is 28.4. The molecule has 0 aromatic heterocycles. The molecule has 12 nitrogen and oxygen atoms in total. The number of amides is 4. The molecule has 2 radical (unpaired) electrons. The first kappa shape index (κ1) is 29.2. The highest BCUT2D eigenvalue weighted by Gasteiger charge is 2.93. The smallest absolute Gasteiger partial charge is 0.264 e. The van der Waals surface area contributed by atoms with Gasteiger partial charge in [0.1, 0.15) is 24.5 Å². The van der Waals surface area contributed by atoms with Crippen molar-refractivity contribution in [2.24, 2.45) is 0 Å². The number of piperazine rings is 2. The van der Waals surface area contributed by atoms with Crippen LogP contribution in [0.1, 0.15) is 18.1 Å². The molecule has 0 saturated carbocycles. The van der Waals surface area contributed by atoms with Crippen molar-refractivity contribution in [2.45, 2.75) is 68.1 Å². The molecule has 12 rings (SSSR count). The van der Waals surface area contributed by atoms with Crippen LogP contribution in [-0.2, 0) is 30.0 Å². The van der Waals surface area contributed by atoms with E-state index in [9.17, 15) is 29.4 Å². The van der Waals surface area contributed by atoms with Crippen molar-refractivity contribution in [3.8, 4) is 0 Å². The molecule has 47 heavy (non-hydrogen) atoms. The SMILES string of the molecule is [B]CC12SSC3(C(=O)N1C)C(O)C1(C45c6ccccc6NC4N4C(=O)C6(C)SSC4(C(=O)N6C)C5O)c4ccccc4NC1N3C2=O. The van der Waals surface area contributed by atoms with Gasteiger partial charge in [0.15, 0.2) is 9.74 Å². The number of benzene rings is 2. The van der Waals surface area contributed by atoms with E-state index >= 15 is 0 Å². The van der Waals surface area contributed by atoms with Crippen molar-refractivity contribution < 1.29 is 29.4 Å². The second-order valence-electron chi connectivity index (χ2n) is 13.5. The van der Waals surface area contributed by atoms with Crippen molar-refractivity contribution in [3.63, 3.8) is 0 Å². The lowest BCUT2D eigenvalue weighted by molar-refractivity contribution is -0.166. The Morgan fingerprint density at radius 1 is 0.702 bits per heavy atom. The van der Waals surface area contributed by atoms with Crippen LogP contribution < -0.4 is 10.6 Å². The standard InChI is InChI=1S/C30H27BN6O6S4/c1-25-21(40)36-19-27(13-8-4-6-10-15(13)32-19,17(38)29(36,46-44-25)23(42)34(25)2)28-14-9-5-7-11-16(14)33-20(28)37-22(41)26(12-31)35(3)24(43)30(37,18(28)39)47-45-26/h4-11,17-20,32-33,38-39H,12H2,1-3H3. The Bertz CT molecular complexity index is 1920. The molecule has 0 aliphatic carbocycles. The lowest BCUT2D eigenvalue weighted by Gasteiger charge is -2.59. The third-order valence-electron chi connectivity index (χ3n) is 12.2. The fourth-order valence-electron chi connectivity index (χ4n) is 9.98. The molecular weight excluding hydrogens is 679 g/mol. The topological polar surface area (TPSA) is 146 Å². The van der Waals surface area contributed by atoms with Gasteiger partial charge in [-0.05, 0) is 58.1 Å². The fourth-order valence-corrected chi connectivity index (χ4v) is 17.3. The third-order valence-corrected chi connectivity index (χ3v) is 19.6. The van der Waals surface area contributed by atoms with Gasteiger partial charge in [-0.1, -0.05) is 58.0 Å². The summed E-state index contributed by atoms with van der Waals surface area (Å²) in [6.45, 7) is 1.70. The number of nitrogens with one attached hydrogen (secondary N) is 2. The summed E-state index contributed by atoms with van der Waals surface area (Å²) in [5.41, 5.74) is -0.941. The minimum atomic E-state index is -1.81. The average molecular weight is 707 g/mol. The molecule has 2 spiro atoms. The number of fused-ring (bicyclic) bond motifs is 11. The number of carbonyl (C=O) groups is 4. The quantitative estimate of drug-likeness (QED) is 0.260. The molecule has 10 heterocycles. The van der Waals surface area contributed by atoms with Gasteiger partial charge in [-0.25, -0.2) is 0 Å². The Labute approximate surface area is 286 Å². The molecule has 4 bridgehead atoms. The summed E-state index contributed by atoms with van der Waals surface area (Å²) in [5, 5.41) is 33.6. The molecular formula is C30H27BN6O6S4. The first-order valence-corrected chi connectivity index (χ1v) is 19.5. The predicted molar refractivity (Wildman–Crippen MR) is 180 cm³/mol. The maximum absolute atomic E-state index is 14.8. The summed E-state index contributed by atoms with van der Waals surface area (Å²) < 4.78 is 0. The molecule has 4 N–H and O–H groups in total. The fraction of sp³-hybridized carbons (Fsp3) is 0.467. The third kappa shape index (κ3) is 2.46. The Kier molecular flexibility index (Phi) is 5.20. The molecule has 10 atom stereocenters. The van der Waals surface area contributed by atoms with Crippen LogP contribution in [0.2, 0.25) is 6.32 Å². The van der Waals surface area contributed by atoms with E-state index in [-0.39, 0.29) is 12.2 Å². The van der Waals surface area contributed by atoms with Gasteiger partial charge in [0, 0.05) is 25.5 Å². The molecule has 10 aliphatic heterocycles. The second kappa shape index (κ2) is 8.36. The predicted octanol–water partition coefficient (Wildman–Crippen LogP) is 0.898. The van der Waals surface area contributed by atoms with E-state index in [1.807, 2.05) is 48.5 Å². The Hall–Kier alpha value is -2.70. The number of carbonyl (C=O) groups excluding carboxylic acids is 4. The number of para-hydroxylation sites is 2. The van der Waals surface area contributed by atoms with E-state index in [0.717, 1.165) is 32.4 Å². The van der Waals surface area contributed by atoms with Crippen molar-refractivity contribution in [1.82, 2.24) is 19.6 Å². The van der Waals surface area contributed by atoms with E-state index in [4.69, 9.17) is 7.85 Å². The van der Waals surface area contributed by atoms with Crippen molar-refractivity contribution in [2.75, 3.05) is 24.7 Å². The normalized spacial score (nSPS) is 46.2. The van der Waals surface area contributed by atoms with Gasteiger partial charge >= 0.3 is 0 Å². The molecule has 2 aromatic carbocycles. The van der Waals surface area contributed by atoms with Gasteiger partial charge in [-0.15, -0.1) is 0 Å². The van der Waals surface area contributed by atoms with Gasteiger partial charge in [0.05, 0.1) is 18.7 Å². The Morgan fingerprint density at radius 2 is 1.17 bits per heavy atom. The number of likely N-dealkylation sites (N-methyl/N-ethyl adjacent to an activating group) is 2. The number of anilines is 2. The van der Waals surface area contributed by atoms with Crippen LogP contribution in [-0.4, -0.2) is 119 Å². The van der Waals surface area contributed by atoms with E-state index in [2.05, 4.69) is 10.6 Å². The van der Waals surface area contributed by atoms with Crippen LogP contribution in [0.25, 0.3) is 0 Å². The van der Waals surface area contributed by atoms with Crippen LogP contribution in [0.3, 0.4) is 0 Å². The molecule has 240 valence electrons. The van der Waals surface area contributed by atoms with Gasteiger partial charge in [-0.3, -0.25) is 29.0 Å². The summed E-state index contributed by atoms with van der Waals surface area (Å²) in [7, 11) is 14.0. The first-order valence-electron chi connectivity index (χ1n) is 15.2. The second-order valence-corrected chi connectivity index (χ2v) is 18.9. The lowest BCUT2D eigenvalue weighted by Crippen LogP contribution is -2.78. The van der Waals surface area contributed by atoms with Gasteiger partial charge < -0.3 is 30.6 Å². The first-order chi connectivity index (χ1) is 22.4. The van der Waals surface area contributed by atoms with Gasteiger partial charge in [-0.2, -0.15) is 0 Å². The summed E-state index contributed by atoms with van der Waals surface area (Å²) in [6.07, 6.45) is -5.51. The minimum absolute atomic E-state index is 0.152. The van der Waals surface area contributed by atoms with E-state index in [1.165, 1.54) is 37.4 Å². The molecule has 2 aromatic rings. The molecule has 10 aliphatic rings. The molecule has 10 unspecified atom stereocenters. The van der Waals surface area contributed by atoms with Gasteiger partial charge in [0.2, 0.25) is 9.74 Å². The van der Waals surface area contributed by atoms with Crippen LogP contribution >= 0.6 is 43.2 Å². The lowest BCUT2D eigenvalue weighted by atomic mass is 9.52. The van der Waals surface area contributed by atoms with Crippen molar-refractivity contribution in [1.29, 1.82) is 0 Å². The van der Waals surface area contributed by atoms with Crippen LogP contribution in [0, 0.1) is 0 Å². The molecule has 8 saturated heterocycles. The zero-order valence-electron chi connectivity index (χ0n) is 25.2. The summed E-state index contributed by atoms with van der Waals surface area (Å²) in [5.74, 6) is -1.70. The van der Waals surface area contributed by atoms with Crippen LogP contribution in [0.5, 0.6) is 0 Å². The molecule has 17 heteroatoms. The van der Waals surface area contributed by atoms with Gasteiger partial charge in [0.25, 0.3) is 23.6 Å².